The first kappa shape index (κ1) is 66.2. The molecule has 0 amide bonds. The second-order valence-corrected chi connectivity index (χ2v) is 20.7. The molecule has 0 bridgehead atoms. The number of allylic oxidation sites excluding steroid dienone is 18. The maximum absolute atomic E-state index is 12.8. The Balaban J connectivity index is 4.23. The van der Waals surface area contributed by atoms with Gasteiger partial charge in [0.05, 0.1) is 34.4 Å². The Kier molecular flexibility index (Phi) is 49.4. The molecule has 0 heterocycles. The van der Waals surface area contributed by atoms with Crippen molar-refractivity contribution < 1.29 is 37.3 Å². The minimum absolute atomic E-state index is 0.0750. The van der Waals surface area contributed by atoms with Crippen molar-refractivity contribution in [1.29, 1.82) is 0 Å². The summed E-state index contributed by atoms with van der Waals surface area (Å²) in [5.41, 5.74) is 0. The van der Waals surface area contributed by atoms with Crippen LogP contribution in [-0.2, 0) is 27.9 Å². The molecule has 0 aliphatic carbocycles. The summed E-state index contributed by atoms with van der Waals surface area (Å²) in [7, 11) is 1.63. The fraction of sp³-hybridized carbons (Fsp3) is 0.683. The van der Waals surface area contributed by atoms with Crippen LogP contribution in [0, 0.1) is 0 Å². The third kappa shape index (κ3) is 56.0. The average Bonchev–Trinajstić information content (AvgIpc) is 3.31. The van der Waals surface area contributed by atoms with E-state index in [9.17, 15) is 14.3 Å². The van der Waals surface area contributed by atoms with Crippen molar-refractivity contribution in [1.82, 2.24) is 0 Å². The number of rotatable bonds is 50. The zero-order valence-electron chi connectivity index (χ0n) is 45.0. The third-order valence-corrected chi connectivity index (χ3v) is 12.3. The zero-order valence-corrected chi connectivity index (χ0v) is 45.9. The number of esters is 1. The van der Waals surface area contributed by atoms with Crippen molar-refractivity contribution in [2.24, 2.45) is 0 Å². The maximum atomic E-state index is 12.8. The highest BCUT2D eigenvalue weighted by Crippen LogP contribution is 2.43. The quantitative estimate of drug-likeness (QED) is 0.0213. The number of nitrogens with zero attached hydrogens (tertiary/aromatic N) is 1. The number of phosphoric ester groups is 1. The number of unbranched alkanes of at least 4 members (excludes halogenated alkanes) is 18. The van der Waals surface area contributed by atoms with Crippen LogP contribution in [0.25, 0.3) is 0 Å². The van der Waals surface area contributed by atoms with Gasteiger partial charge in [-0.25, -0.2) is 4.57 Å². The van der Waals surface area contributed by atoms with Gasteiger partial charge in [-0.1, -0.05) is 207 Å². The van der Waals surface area contributed by atoms with Gasteiger partial charge in [-0.3, -0.25) is 13.8 Å². The molecule has 0 aromatic rings. The van der Waals surface area contributed by atoms with E-state index in [1.165, 1.54) is 96.3 Å². The van der Waals surface area contributed by atoms with E-state index in [1.807, 2.05) is 21.1 Å². The van der Waals surface area contributed by atoms with Crippen LogP contribution >= 0.6 is 7.82 Å². The van der Waals surface area contributed by atoms with E-state index >= 15 is 0 Å². The van der Waals surface area contributed by atoms with Gasteiger partial charge >= 0.3 is 13.8 Å². The number of carbonyl (C=O) groups is 1. The van der Waals surface area contributed by atoms with Crippen LogP contribution in [0.1, 0.15) is 206 Å². The molecule has 396 valence electrons. The highest BCUT2D eigenvalue weighted by molar-refractivity contribution is 7.47. The summed E-state index contributed by atoms with van der Waals surface area (Å²) in [4.78, 5) is 23.1. The first-order chi connectivity index (χ1) is 33.6. The Morgan fingerprint density at radius 1 is 0.464 bits per heavy atom. The fourth-order valence-electron chi connectivity index (χ4n) is 7.09. The van der Waals surface area contributed by atoms with Crippen molar-refractivity contribution in [2.75, 3.05) is 54.1 Å². The zero-order chi connectivity index (χ0) is 50.5. The molecule has 0 aliphatic rings. The molecule has 69 heavy (non-hydrogen) atoms. The fourth-order valence-corrected chi connectivity index (χ4v) is 7.83. The molecular weight excluding hydrogens is 878 g/mol. The molecule has 0 fully saturated rings. The lowest BCUT2D eigenvalue weighted by Gasteiger charge is -2.24. The highest BCUT2D eigenvalue weighted by atomic mass is 31.2. The molecule has 0 saturated carbocycles. The molecule has 9 heteroatoms. The van der Waals surface area contributed by atoms with Crippen LogP contribution < -0.4 is 0 Å². The summed E-state index contributed by atoms with van der Waals surface area (Å²) in [6, 6.07) is 0. The van der Waals surface area contributed by atoms with Crippen LogP contribution in [0.5, 0.6) is 0 Å². The molecule has 0 saturated heterocycles. The Hall–Kier alpha value is -2.84. The molecule has 0 rings (SSSR count). The second-order valence-electron chi connectivity index (χ2n) is 19.2. The van der Waals surface area contributed by atoms with Gasteiger partial charge in [-0.05, 0) is 103 Å². The maximum Gasteiger partial charge on any atom is 0.472 e. The Morgan fingerprint density at radius 2 is 0.841 bits per heavy atom. The lowest BCUT2D eigenvalue weighted by molar-refractivity contribution is -0.870. The van der Waals surface area contributed by atoms with E-state index in [4.69, 9.17) is 18.5 Å². The van der Waals surface area contributed by atoms with Crippen molar-refractivity contribution >= 4 is 13.8 Å². The van der Waals surface area contributed by atoms with Crippen LogP contribution in [0.4, 0.5) is 0 Å². The molecule has 0 aromatic carbocycles. The first-order valence-electron chi connectivity index (χ1n) is 27.6. The van der Waals surface area contributed by atoms with Crippen LogP contribution in [0.2, 0.25) is 0 Å². The van der Waals surface area contributed by atoms with E-state index < -0.39 is 13.9 Å². The van der Waals surface area contributed by atoms with E-state index in [0.29, 0.717) is 17.6 Å². The number of carbonyl (C=O) groups excluding carboxylic acids is 1. The van der Waals surface area contributed by atoms with Gasteiger partial charge in [0.25, 0.3) is 0 Å². The largest absolute Gasteiger partial charge is 0.472 e. The summed E-state index contributed by atoms with van der Waals surface area (Å²) in [5.74, 6) is -0.349. The Morgan fingerprint density at radius 3 is 1.26 bits per heavy atom. The SMILES string of the molecule is CC/C=C\C/C=C\C/C=C\C/C=C\C/C=C\C/C=C\C/C=C\CCCCCC(=O)OC(COCCCCCCCCCCCC/C=C\C/C=C\CCCCCCC)COP(=O)(O)OCC[N+](C)(C)C. The van der Waals surface area contributed by atoms with Crippen LogP contribution in [-0.4, -0.2) is 75.6 Å². The number of ether oxygens (including phenoxy) is 2. The van der Waals surface area contributed by atoms with Gasteiger partial charge in [0, 0.05) is 13.0 Å². The second kappa shape index (κ2) is 51.5. The molecule has 0 aromatic heterocycles. The molecule has 0 radical (unpaired) electrons. The predicted octanol–water partition coefficient (Wildman–Crippen LogP) is 17.5. The van der Waals surface area contributed by atoms with Crippen molar-refractivity contribution in [2.45, 2.75) is 213 Å². The van der Waals surface area contributed by atoms with E-state index in [-0.39, 0.29) is 32.2 Å². The molecular formula is C60H105NO7P+. The lowest BCUT2D eigenvalue weighted by atomic mass is 10.1. The Labute approximate surface area is 425 Å². The van der Waals surface area contributed by atoms with E-state index in [0.717, 1.165) is 89.9 Å². The molecule has 2 unspecified atom stereocenters. The lowest BCUT2D eigenvalue weighted by Crippen LogP contribution is -2.37. The molecule has 0 aliphatic heterocycles. The van der Waals surface area contributed by atoms with Crippen molar-refractivity contribution in [3.05, 3.63) is 109 Å². The van der Waals surface area contributed by atoms with Crippen molar-refractivity contribution in [3.8, 4) is 0 Å². The standard InChI is InChI=1S/C60H104NO7P/c1-6-8-10-12-14-16-18-20-22-24-26-28-30-31-32-33-35-37-39-41-43-45-47-49-51-53-60(62)68-59(58-67-69(63,64)66-56-54-61(3,4)5)57-65-55-52-50-48-46-44-42-40-38-36-34-29-27-25-23-21-19-17-15-13-11-9-7-2/h8,10,14,16,19-22,25-28,31-32,35,37,41,43,59H,6-7,9,11-13,15,17-18,23-24,29-30,33-34,36,38-40,42,44-58H2,1-5H3/p+1/b10-8-,16-14-,21-19-,22-20-,27-25-,28-26-,32-31-,37-35-,43-41-. The summed E-state index contributed by atoms with van der Waals surface area (Å²) in [6.07, 6.45) is 72.9. The minimum Gasteiger partial charge on any atom is -0.457 e. The molecule has 1 N–H and O–H groups in total. The average molecular weight is 983 g/mol. The van der Waals surface area contributed by atoms with Gasteiger partial charge < -0.3 is 18.9 Å². The number of hydrogen-bond donors (Lipinski definition) is 1. The molecule has 0 spiro atoms. The number of phosphoric acid groups is 1. The van der Waals surface area contributed by atoms with Gasteiger partial charge in [0.15, 0.2) is 0 Å². The summed E-state index contributed by atoms with van der Waals surface area (Å²) in [6.45, 7) is 5.43. The van der Waals surface area contributed by atoms with E-state index in [2.05, 4.69) is 123 Å². The minimum atomic E-state index is -4.30. The molecule has 2 atom stereocenters. The molecule has 8 nitrogen and oxygen atoms in total. The number of likely N-dealkylation sites (N-methyl/N-ethyl adjacent to an activating group) is 1. The topological polar surface area (TPSA) is 91.3 Å². The van der Waals surface area contributed by atoms with Crippen LogP contribution in [0.3, 0.4) is 0 Å². The normalized spacial score (nSPS) is 14.3. The predicted molar refractivity (Wildman–Crippen MR) is 297 cm³/mol. The van der Waals surface area contributed by atoms with Gasteiger partial charge in [0.1, 0.15) is 19.3 Å². The van der Waals surface area contributed by atoms with Crippen LogP contribution in [0.15, 0.2) is 109 Å². The highest BCUT2D eigenvalue weighted by Gasteiger charge is 2.26. The number of hydrogen-bond acceptors (Lipinski definition) is 6. The summed E-state index contributed by atoms with van der Waals surface area (Å²) < 4.78 is 35.2. The number of quaternary nitrogens is 1. The summed E-state index contributed by atoms with van der Waals surface area (Å²) >= 11 is 0. The van der Waals surface area contributed by atoms with Gasteiger partial charge in [0.2, 0.25) is 0 Å². The smallest absolute Gasteiger partial charge is 0.457 e. The summed E-state index contributed by atoms with van der Waals surface area (Å²) in [5, 5.41) is 0. The first-order valence-corrected chi connectivity index (χ1v) is 29.1. The van der Waals surface area contributed by atoms with E-state index in [1.54, 1.807) is 0 Å². The Bertz CT molecular complexity index is 1470. The van der Waals surface area contributed by atoms with Crippen molar-refractivity contribution in [3.63, 3.8) is 0 Å². The monoisotopic (exact) mass is 983 g/mol. The van der Waals surface area contributed by atoms with Gasteiger partial charge in [-0.15, -0.1) is 0 Å². The van der Waals surface area contributed by atoms with Gasteiger partial charge in [-0.2, -0.15) is 0 Å². The third-order valence-electron chi connectivity index (χ3n) is 11.3.